The zero-order chi connectivity index (χ0) is 26.1. The molecule has 1 saturated heterocycles. The third kappa shape index (κ3) is 4.44. The van der Waals surface area contributed by atoms with E-state index in [0.717, 1.165) is 59.9 Å². The highest BCUT2D eigenvalue weighted by molar-refractivity contribution is 5.84. The predicted molar refractivity (Wildman–Crippen MR) is 149 cm³/mol. The first-order valence-corrected chi connectivity index (χ1v) is 12.7. The van der Waals surface area contributed by atoms with Gasteiger partial charge in [-0.3, -0.25) is 9.47 Å². The van der Waals surface area contributed by atoms with Crippen molar-refractivity contribution in [3.05, 3.63) is 90.6 Å². The second-order valence-corrected chi connectivity index (χ2v) is 9.66. The first kappa shape index (κ1) is 23.6. The number of nitrogen functional groups attached to an aromatic ring is 1. The molecule has 8 heteroatoms. The van der Waals surface area contributed by atoms with Gasteiger partial charge in [-0.05, 0) is 48.9 Å². The molecule has 0 spiro atoms. The summed E-state index contributed by atoms with van der Waals surface area (Å²) in [6.07, 6.45) is 3.98. The predicted octanol–water partition coefficient (Wildman–Crippen LogP) is 4.72. The summed E-state index contributed by atoms with van der Waals surface area (Å²) in [5.41, 5.74) is 12.7. The van der Waals surface area contributed by atoms with E-state index in [9.17, 15) is 5.26 Å². The van der Waals surface area contributed by atoms with Crippen molar-refractivity contribution in [1.29, 1.82) is 5.26 Å². The number of imidazole rings is 1. The van der Waals surface area contributed by atoms with Crippen LogP contribution in [0.25, 0.3) is 39.5 Å². The fraction of sp³-hybridized carbons (Fsp3) is 0.200. The number of anilines is 1. The lowest BCUT2D eigenvalue weighted by Crippen LogP contribution is -2.49. The summed E-state index contributed by atoms with van der Waals surface area (Å²) in [4.78, 5) is 18.5. The van der Waals surface area contributed by atoms with Crippen LogP contribution in [0.4, 0.5) is 5.82 Å². The van der Waals surface area contributed by atoms with Crippen molar-refractivity contribution in [1.82, 2.24) is 29.3 Å². The van der Waals surface area contributed by atoms with Crippen molar-refractivity contribution in [3.8, 4) is 34.5 Å². The molecular weight excluding hydrogens is 472 g/mol. The molecule has 1 aliphatic heterocycles. The number of hydrogen-bond acceptors (Lipinski definition) is 7. The third-order valence-corrected chi connectivity index (χ3v) is 7.09. The molecule has 1 fully saturated rings. The maximum atomic E-state index is 9.27. The van der Waals surface area contributed by atoms with Crippen molar-refractivity contribution in [3.63, 3.8) is 0 Å². The standard InChI is InChI=1S/C30H28N8/c1-21-18-36(16-17-37(21)20-31)19-22-9-11-24(12-10-22)38-29(25-8-5-15-33-28(25)32)35-27-14-13-26(34-30(27)38)23-6-3-2-4-7-23/h2-15,21H,16-19H2,1H3,(H2,32,33). The molecule has 0 saturated carbocycles. The average molecular weight is 501 g/mol. The van der Waals surface area contributed by atoms with E-state index < -0.39 is 0 Å². The van der Waals surface area contributed by atoms with Gasteiger partial charge in [0, 0.05) is 49.7 Å². The molecule has 1 aliphatic rings. The SMILES string of the molecule is CC1CN(Cc2ccc(-n3c(-c4cccnc4N)nc4ccc(-c5ccccc5)nc43)cc2)CCN1C#N. The topological polar surface area (TPSA) is 99.9 Å². The minimum atomic E-state index is 0.225. The summed E-state index contributed by atoms with van der Waals surface area (Å²) >= 11 is 0. The van der Waals surface area contributed by atoms with Crippen LogP contribution >= 0.6 is 0 Å². The fourth-order valence-electron chi connectivity index (χ4n) is 5.09. The van der Waals surface area contributed by atoms with Crippen molar-refractivity contribution in [2.24, 2.45) is 0 Å². The van der Waals surface area contributed by atoms with E-state index in [2.05, 4.69) is 64.0 Å². The highest BCUT2D eigenvalue weighted by atomic mass is 15.3. The van der Waals surface area contributed by atoms with Gasteiger partial charge in [0.15, 0.2) is 17.7 Å². The van der Waals surface area contributed by atoms with Crippen molar-refractivity contribution in [2.75, 3.05) is 25.4 Å². The first-order chi connectivity index (χ1) is 18.6. The molecule has 188 valence electrons. The molecule has 1 unspecified atom stereocenters. The summed E-state index contributed by atoms with van der Waals surface area (Å²) in [5, 5.41) is 9.27. The monoisotopic (exact) mass is 500 g/mol. The van der Waals surface area contributed by atoms with Gasteiger partial charge in [0.05, 0.1) is 11.3 Å². The minimum absolute atomic E-state index is 0.225. The van der Waals surface area contributed by atoms with Crippen molar-refractivity contribution in [2.45, 2.75) is 19.5 Å². The number of hydrogen-bond donors (Lipinski definition) is 1. The van der Waals surface area contributed by atoms with E-state index >= 15 is 0 Å². The smallest absolute Gasteiger partial charge is 0.179 e. The number of aromatic nitrogens is 4. The number of nitrogens with zero attached hydrogens (tertiary/aromatic N) is 7. The Hall–Kier alpha value is -4.74. The van der Waals surface area contributed by atoms with Crippen LogP contribution in [-0.4, -0.2) is 55.0 Å². The number of rotatable bonds is 5. The van der Waals surface area contributed by atoms with Crippen LogP contribution in [0, 0.1) is 11.5 Å². The Balaban J connectivity index is 1.40. The van der Waals surface area contributed by atoms with Gasteiger partial charge in [-0.1, -0.05) is 42.5 Å². The highest BCUT2D eigenvalue weighted by Gasteiger charge is 2.23. The minimum Gasteiger partial charge on any atom is -0.383 e. The van der Waals surface area contributed by atoms with Gasteiger partial charge in [-0.15, -0.1) is 0 Å². The van der Waals surface area contributed by atoms with Crippen LogP contribution in [0.3, 0.4) is 0 Å². The summed E-state index contributed by atoms with van der Waals surface area (Å²) in [6, 6.07) is 26.7. The van der Waals surface area contributed by atoms with Gasteiger partial charge in [0.2, 0.25) is 0 Å². The van der Waals surface area contributed by atoms with E-state index in [1.54, 1.807) is 6.20 Å². The molecular formula is C30H28N8. The molecule has 0 bridgehead atoms. The lowest BCUT2D eigenvalue weighted by molar-refractivity contribution is 0.121. The van der Waals surface area contributed by atoms with Gasteiger partial charge in [-0.25, -0.2) is 15.0 Å². The summed E-state index contributed by atoms with van der Waals surface area (Å²) < 4.78 is 2.06. The lowest BCUT2D eigenvalue weighted by Gasteiger charge is -2.36. The zero-order valence-electron chi connectivity index (χ0n) is 21.2. The van der Waals surface area contributed by atoms with Crippen LogP contribution in [0.15, 0.2) is 85.1 Å². The maximum absolute atomic E-state index is 9.27. The Labute approximate surface area is 221 Å². The molecule has 38 heavy (non-hydrogen) atoms. The molecule has 5 aromatic rings. The molecule has 0 aliphatic carbocycles. The van der Waals surface area contributed by atoms with Crippen LogP contribution in [0.1, 0.15) is 12.5 Å². The number of benzene rings is 2. The van der Waals surface area contributed by atoms with Gasteiger partial charge >= 0.3 is 0 Å². The zero-order valence-corrected chi connectivity index (χ0v) is 21.2. The number of piperazine rings is 1. The van der Waals surface area contributed by atoms with Gasteiger partial charge in [0.1, 0.15) is 11.3 Å². The van der Waals surface area contributed by atoms with Gasteiger partial charge < -0.3 is 10.6 Å². The van der Waals surface area contributed by atoms with E-state index in [4.69, 9.17) is 15.7 Å². The summed E-state index contributed by atoms with van der Waals surface area (Å²) in [7, 11) is 0. The molecule has 0 amide bonds. The molecule has 8 nitrogen and oxygen atoms in total. The summed E-state index contributed by atoms with van der Waals surface area (Å²) in [5.74, 6) is 1.13. The Morgan fingerprint density at radius 2 is 1.76 bits per heavy atom. The molecule has 2 aromatic carbocycles. The Bertz CT molecular complexity index is 1620. The van der Waals surface area contributed by atoms with Crippen LogP contribution in [0.5, 0.6) is 0 Å². The first-order valence-electron chi connectivity index (χ1n) is 12.7. The molecule has 3 aromatic heterocycles. The van der Waals surface area contributed by atoms with Crippen LogP contribution < -0.4 is 5.73 Å². The van der Waals surface area contributed by atoms with Crippen LogP contribution in [-0.2, 0) is 6.54 Å². The third-order valence-electron chi connectivity index (χ3n) is 7.09. The van der Waals surface area contributed by atoms with E-state index in [0.29, 0.717) is 11.6 Å². The second-order valence-electron chi connectivity index (χ2n) is 9.66. The van der Waals surface area contributed by atoms with Gasteiger partial charge in [0.25, 0.3) is 0 Å². The largest absolute Gasteiger partial charge is 0.383 e. The average Bonchev–Trinajstić information content (AvgIpc) is 3.33. The highest BCUT2D eigenvalue weighted by Crippen LogP contribution is 2.32. The normalized spacial score (nSPS) is 16.0. The number of pyridine rings is 2. The van der Waals surface area contributed by atoms with Gasteiger partial charge in [-0.2, -0.15) is 5.26 Å². The molecule has 6 rings (SSSR count). The van der Waals surface area contributed by atoms with E-state index in [1.165, 1.54) is 5.56 Å². The van der Waals surface area contributed by atoms with E-state index in [-0.39, 0.29) is 6.04 Å². The molecule has 2 N–H and O–H groups in total. The Kier molecular flexibility index (Phi) is 6.20. The Morgan fingerprint density at radius 1 is 0.947 bits per heavy atom. The maximum Gasteiger partial charge on any atom is 0.179 e. The molecule has 0 radical (unpaired) electrons. The lowest BCUT2D eigenvalue weighted by atomic mass is 10.1. The number of fused-ring (bicyclic) bond motifs is 1. The molecule has 4 heterocycles. The van der Waals surface area contributed by atoms with Crippen LogP contribution in [0.2, 0.25) is 0 Å². The van der Waals surface area contributed by atoms with Crippen molar-refractivity contribution < 1.29 is 0 Å². The second kappa shape index (κ2) is 9.96. The quantitative estimate of drug-likeness (QED) is 0.349. The molecule has 1 atom stereocenters. The Morgan fingerprint density at radius 3 is 2.50 bits per heavy atom. The fourth-order valence-corrected chi connectivity index (χ4v) is 5.09. The summed E-state index contributed by atoms with van der Waals surface area (Å²) in [6.45, 7) is 5.46. The number of nitriles is 1. The van der Waals surface area contributed by atoms with Crippen molar-refractivity contribution >= 4 is 17.0 Å². The van der Waals surface area contributed by atoms with E-state index in [1.807, 2.05) is 47.4 Å². The number of nitrogens with two attached hydrogens (primary N) is 1.